The third-order valence-electron chi connectivity index (χ3n) is 3.48. The van der Waals surface area contributed by atoms with E-state index in [4.69, 9.17) is 4.74 Å². The third kappa shape index (κ3) is 6.93. The van der Waals surface area contributed by atoms with Gasteiger partial charge < -0.3 is 15.4 Å². The van der Waals surface area contributed by atoms with E-state index in [2.05, 4.69) is 10.6 Å². The standard InChI is InChI=1S/C20H23FN2O3/c1-14(2)26-18-9-7-17(8-10-18)23-20(25)13-19(24)22-12-11-15-3-5-16(21)6-4-15/h3-10,14H,11-13H2,1-2H3,(H,22,24)(H,23,25). The summed E-state index contributed by atoms with van der Waals surface area (Å²) >= 11 is 0. The Morgan fingerprint density at radius 2 is 1.65 bits per heavy atom. The highest BCUT2D eigenvalue weighted by Crippen LogP contribution is 2.17. The lowest BCUT2D eigenvalue weighted by atomic mass is 10.1. The van der Waals surface area contributed by atoms with Crippen molar-refractivity contribution in [2.75, 3.05) is 11.9 Å². The highest BCUT2D eigenvalue weighted by atomic mass is 19.1. The van der Waals surface area contributed by atoms with Crippen molar-refractivity contribution in [3.05, 3.63) is 59.9 Å². The zero-order valence-corrected chi connectivity index (χ0v) is 14.9. The van der Waals surface area contributed by atoms with Gasteiger partial charge in [-0.25, -0.2) is 4.39 Å². The molecule has 0 saturated carbocycles. The molecule has 0 saturated heterocycles. The molecule has 0 spiro atoms. The Morgan fingerprint density at radius 1 is 1.00 bits per heavy atom. The number of anilines is 1. The van der Waals surface area contributed by atoms with Crippen molar-refractivity contribution in [3.63, 3.8) is 0 Å². The first kappa shape index (κ1) is 19.4. The van der Waals surface area contributed by atoms with Crippen LogP contribution in [0.15, 0.2) is 48.5 Å². The van der Waals surface area contributed by atoms with E-state index in [1.165, 1.54) is 12.1 Å². The van der Waals surface area contributed by atoms with Crippen LogP contribution in [0.25, 0.3) is 0 Å². The Morgan fingerprint density at radius 3 is 2.27 bits per heavy atom. The van der Waals surface area contributed by atoms with Crippen molar-refractivity contribution < 1.29 is 18.7 Å². The van der Waals surface area contributed by atoms with Gasteiger partial charge in [-0.15, -0.1) is 0 Å². The Hall–Kier alpha value is -2.89. The zero-order valence-electron chi connectivity index (χ0n) is 14.9. The maximum Gasteiger partial charge on any atom is 0.233 e. The van der Waals surface area contributed by atoms with Crippen LogP contribution in [0.5, 0.6) is 5.75 Å². The van der Waals surface area contributed by atoms with Crippen LogP contribution in [0.4, 0.5) is 10.1 Å². The second kappa shape index (κ2) is 9.56. The smallest absolute Gasteiger partial charge is 0.233 e. The molecule has 6 heteroatoms. The van der Waals surface area contributed by atoms with E-state index in [9.17, 15) is 14.0 Å². The normalized spacial score (nSPS) is 10.5. The van der Waals surface area contributed by atoms with Crippen LogP contribution in [0.2, 0.25) is 0 Å². The zero-order chi connectivity index (χ0) is 18.9. The summed E-state index contributed by atoms with van der Waals surface area (Å²) in [4.78, 5) is 23.7. The molecule has 0 atom stereocenters. The maximum absolute atomic E-state index is 12.8. The summed E-state index contributed by atoms with van der Waals surface area (Å²) in [5.74, 6) is -0.319. The summed E-state index contributed by atoms with van der Waals surface area (Å²) in [6.45, 7) is 4.26. The highest BCUT2D eigenvalue weighted by Gasteiger charge is 2.09. The van der Waals surface area contributed by atoms with Gasteiger partial charge in [0.05, 0.1) is 6.10 Å². The first-order chi connectivity index (χ1) is 12.4. The summed E-state index contributed by atoms with van der Waals surface area (Å²) in [6, 6.07) is 13.1. The van der Waals surface area contributed by atoms with E-state index in [0.29, 0.717) is 18.7 Å². The molecule has 2 rings (SSSR count). The fraction of sp³-hybridized carbons (Fsp3) is 0.300. The molecule has 26 heavy (non-hydrogen) atoms. The maximum atomic E-state index is 12.8. The first-order valence-electron chi connectivity index (χ1n) is 8.50. The highest BCUT2D eigenvalue weighted by molar-refractivity contribution is 6.03. The molecular weight excluding hydrogens is 335 g/mol. The molecule has 2 amide bonds. The molecule has 0 aliphatic carbocycles. The number of benzene rings is 2. The Balaban J connectivity index is 1.71. The number of amides is 2. The van der Waals surface area contributed by atoms with Gasteiger partial charge in [-0.3, -0.25) is 9.59 Å². The van der Waals surface area contributed by atoms with Crippen molar-refractivity contribution in [2.24, 2.45) is 0 Å². The van der Waals surface area contributed by atoms with Gasteiger partial charge >= 0.3 is 0 Å². The van der Waals surface area contributed by atoms with Gasteiger partial charge in [-0.1, -0.05) is 12.1 Å². The summed E-state index contributed by atoms with van der Waals surface area (Å²) in [7, 11) is 0. The molecule has 0 aromatic heterocycles. The van der Waals surface area contributed by atoms with Gasteiger partial charge in [0.1, 0.15) is 18.0 Å². The van der Waals surface area contributed by atoms with Crippen LogP contribution in [0, 0.1) is 5.82 Å². The van der Waals surface area contributed by atoms with Crippen molar-refractivity contribution in [2.45, 2.75) is 32.8 Å². The van der Waals surface area contributed by atoms with Gasteiger partial charge in [0.15, 0.2) is 0 Å². The summed E-state index contributed by atoms with van der Waals surface area (Å²) < 4.78 is 18.3. The number of hydrogen-bond acceptors (Lipinski definition) is 3. The molecule has 0 heterocycles. The quantitative estimate of drug-likeness (QED) is 0.712. The van der Waals surface area contributed by atoms with E-state index in [0.717, 1.165) is 11.3 Å². The minimum absolute atomic E-state index is 0.0778. The number of rotatable bonds is 8. The Bertz CT molecular complexity index is 728. The average molecular weight is 358 g/mol. The molecule has 2 aromatic carbocycles. The van der Waals surface area contributed by atoms with Crippen LogP contribution in [0.3, 0.4) is 0 Å². The molecule has 0 aliphatic heterocycles. The molecule has 138 valence electrons. The van der Waals surface area contributed by atoms with Crippen LogP contribution < -0.4 is 15.4 Å². The summed E-state index contributed by atoms with van der Waals surface area (Å²) in [5, 5.41) is 5.35. The predicted octanol–water partition coefficient (Wildman–Crippen LogP) is 3.30. The lowest BCUT2D eigenvalue weighted by Gasteiger charge is -2.10. The SMILES string of the molecule is CC(C)Oc1ccc(NC(=O)CC(=O)NCCc2ccc(F)cc2)cc1. The van der Waals surface area contributed by atoms with Gasteiger partial charge in [-0.05, 0) is 62.2 Å². The summed E-state index contributed by atoms with van der Waals surface area (Å²) in [6.07, 6.45) is 0.396. The lowest BCUT2D eigenvalue weighted by molar-refractivity contribution is -0.126. The van der Waals surface area contributed by atoms with E-state index in [1.807, 2.05) is 13.8 Å². The number of carbonyl (C=O) groups excluding carboxylic acids is 2. The molecule has 2 N–H and O–H groups in total. The number of ether oxygens (including phenoxy) is 1. The van der Waals surface area contributed by atoms with Gasteiger partial charge in [-0.2, -0.15) is 0 Å². The fourth-order valence-electron chi connectivity index (χ4n) is 2.30. The average Bonchev–Trinajstić information content (AvgIpc) is 2.58. The molecule has 0 unspecified atom stereocenters. The third-order valence-corrected chi connectivity index (χ3v) is 3.48. The van der Waals surface area contributed by atoms with E-state index < -0.39 is 0 Å². The topological polar surface area (TPSA) is 67.4 Å². The Kier molecular flexibility index (Phi) is 7.14. The van der Waals surface area contributed by atoms with E-state index in [-0.39, 0.29) is 30.2 Å². The second-order valence-electron chi connectivity index (χ2n) is 6.14. The van der Waals surface area contributed by atoms with Crippen LogP contribution in [-0.2, 0) is 16.0 Å². The lowest BCUT2D eigenvalue weighted by Crippen LogP contribution is -2.29. The first-order valence-corrected chi connectivity index (χ1v) is 8.50. The van der Waals surface area contributed by atoms with Gasteiger partial charge in [0.25, 0.3) is 0 Å². The second-order valence-corrected chi connectivity index (χ2v) is 6.14. The molecule has 0 aliphatic rings. The minimum Gasteiger partial charge on any atom is -0.491 e. The number of halogens is 1. The van der Waals surface area contributed by atoms with Crippen LogP contribution in [-0.4, -0.2) is 24.5 Å². The molecular formula is C20H23FN2O3. The predicted molar refractivity (Wildman–Crippen MR) is 98.6 cm³/mol. The van der Waals surface area contributed by atoms with E-state index >= 15 is 0 Å². The molecule has 2 aromatic rings. The largest absolute Gasteiger partial charge is 0.491 e. The van der Waals surface area contributed by atoms with E-state index in [1.54, 1.807) is 36.4 Å². The fourth-order valence-corrected chi connectivity index (χ4v) is 2.30. The molecule has 0 fully saturated rings. The minimum atomic E-state index is -0.387. The number of nitrogens with one attached hydrogen (secondary N) is 2. The van der Waals surface area contributed by atoms with Crippen molar-refractivity contribution >= 4 is 17.5 Å². The molecule has 5 nitrogen and oxygen atoms in total. The number of carbonyl (C=O) groups is 2. The summed E-state index contributed by atoms with van der Waals surface area (Å²) in [5.41, 5.74) is 1.52. The van der Waals surface area contributed by atoms with Crippen LogP contribution in [0.1, 0.15) is 25.8 Å². The van der Waals surface area contributed by atoms with Crippen molar-refractivity contribution in [1.29, 1.82) is 0 Å². The Labute approximate surface area is 152 Å². The van der Waals surface area contributed by atoms with Crippen molar-refractivity contribution in [1.82, 2.24) is 5.32 Å². The van der Waals surface area contributed by atoms with Gasteiger partial charge in [0, 0.05) is 12.2 Å². The molecule has 0 bridgehead atoms. The number of hydrogen-bond donors (Lipinski definition) is 2. The van der Waals surface area contributed by atoms with Crippen molar-refractivity contribution in [3.8, 4) is 5.75 Å². The van der Waals surface area contributed by atoms with Gasteiger partial charge in [0.2, 0.25) is 11.8 Å². The van der Waals surface area contributed by atoms with Crippen LogP contribution >= 0.6 is 0 Å². The molecule has 0 radical (unpaired) electrons. The monoisotopic (exact) mass is 358 g/mol.